The lowest BCUT2D eigenvalue weighted by atomic mass is 10.1. The zero-order valence-electron chi connectivity index (χ0n) is 9.10. The standard InChI is InChI=1S/C11H15N3S/c1-8(2)13-4-3-9-10(7-13)14-5-6-15-11(14)12-9/h5-6,8H,3-4,7H2,1-2H3. The molecule has 1 aliphatic rings. The molecule has 0 saturated carbocycles. The second kappa shape index (κ2) is 3.32. The minimum Gasteiger partial charge on any atom is -0.295 e. The molecule has 0 atom stereocenters. The van der Waals surface area contributed by atoms with Crippen LogP contribution in [0.2, 0.25) is 0 Å². The van der Waals surface area contributed by atoms with Crippen LogP contribution >= 0.6 is 11.3 Å². The Hall–Kier alpha value is -0.870. The van der Waals surface area contributed by atoms with Crippen molar-refractivity contribution in [3.05, 3.63) is 23.0 Å². The van der Waals surface area contributed by atoms with Gasteiger partial charge in [-0.3, -0.25) is 9.30 Å². The third-order valence-corrected chi connectivity index (χ3v) is 3.92. The molecule has 0 unspecified atom stereocenters. The van der Waals surface area contributed by atoms with Crippen LogP contribution in [-0.2, 0) is 13.0 Å². The van der Waals surface area contributed by atoms with Crippen LogP contribution in [-0.4, -0.2) is 26.9 Å². The van der Waals surface area contributed by atoms with Gasteiger partial charge in [0.1, 0.15) is 0 Å². The van der Waals surface area contributed by atoms with Crippen LogP contribution in [0, 0.1) is 0 Å². The lowest BCUT2D eigenvalue weighted by molar-refractivity contribution is 0.199. The second-order valence-electron chi connectivity index (χ2n) is 4.37. The number of rotatable bonds is 1. The molecule has 4 heteroatoms. The van der Waals surface area contributed by atoms with Gasteiger partial charge in [-0.2, -0.15) is 0 Å². The van der Waals surface area contributed by atoms with Crippen molar-refractivity contribution in [1.29, 1.82) is 0 Å². The first-order valence-corrected chi connectivity index (χ1v) is 6.31. The Morgan fingerprint density at radius 3 is 3.13 bits per heavy atom. The van der Waals surface area contributed by atoms with Crippen molar-refractivity contribution >= 4 is 16.3 Å². The molecule has 15 heavy (non-hydrogen) atoms. The van der Waals surface area contributed by atoms with Gasteiger partial charge in [-0.15, -0.1) is 11.3 Å². The highest BCUT2D eigenvalue weighted by Crippen LogP contribution is 2.23. The van der Waals surface area contributed by atoms with Gasteiger partial charge in [0.05, 0.1) is 11.4 Å². The number of aromatic nitrogens is 2. The SMILES string of the molecule is CC(C)N1CCc2nc3sccn3c2C1. The topological polar surface area (TPSA) is 20.5 Å². The Bertz CT molecular complexity index is 483. The fraction of sp³-hybridized carbons (Fsp3) is 0.545. The van der Waals surface area contributed by atoms with Gasteiger partial charge in [0.15, 0.2) is 4.96 Å². The summed E-state index contributed by atoms with van der Waals surface area (Å²) in [5, 5.41) is 2.11. The molecule has 3 heterocycles. The quantitative estimate of drug-likeness (QED) is 0.735. The first-order valence-electron chi connectivity index (χ1n) is 5.43. The van der Waals surface area contributed by atoms with E-state index < -0.39 is 0 Å². The summed E-state index contributed by atoms with van der Waals surface area (Å²) in [7, 11) is 0. The van der Waals surface area contributed by atoms with E-state index in [0.717, 1.165) is 24.5 Å². The van der Waals surface area contributed by atoms with Crippen LogP contribution in [0.25, 0.3) is 4.96 Å². The molecule has 2 aromatic heterocycles. The van der Waals surface area contributed by atoms with Gasteiger partial charge in [0, 0.05) is 37.1 Å². The Morgan fingerprint density at radius 1 is 1.47 bits per heavy atom. The molecule has 0 N–H and O–H groups in total. The van der Waals surface area contributed by atoms with E-state index in [4.69, 9.17) is 0 Å². The van der Waals surface area contributed by atoms with Crippen molar-refractivity contribution in [2.45, 2.75) is 32.9 Å². The van der Waals surface area contributed by atoms with Crippen LogP contribution in [0.5, 0.6) is 0 Å². The van der Waals surface area contributed by atoms with E-state index in [1.807, 2.05) is 0 Å². The van der Waals surface area contributed by atoms with Crippen molar-refractivity contribution in [2.75, 3.05) is 6.54 Å². The molecule has 0 amide bonds. The number of nitrogens with zero attached hydrogens (tertiary/aromatic N) is 3. The number of thiazole rings is 1. The summed E-state index contributed by atoms with van der Waals surface area (Å²) in [5.41, 5.74) is 2.70. The Kier molecular flexibility index (Phi) is 2.07. The highest BCUT2D eigenvalue weighted by molar-refractivity contribution is 7.15. The largest absolute Gasteiger partial charge is 0.295 e. The number of hydrogen-bond donors (Lipinski definition) is 0. The fourth-order valence-electron chi connectivity index (χ4n) is 2.21. The van der Waals surface area contributed by atoms with Crippen LogP contribution in [0.4, 0.5) is 0 Å². The molecular formula is C11H15N3S. The zero-order chi connectivity index (χ0) is 10.4. The molecule has 3 rings (SSSR count). The van der Waals surface area contributed by atoms with Gasteiger partial charge >= 0.3 is 0 Å². The maximum absolute atomic E-state index is 4.66. The first-order chi connectivity index (χ1) is 7.25. The molecule has 0 aliphatic carbocycles. The van der Waals surface area contributed by atoms with E-state index in [-0.39, 0.29) is 0 Å². The average Bonchev–Trinajstić information content (AvgIpc) is 2.75. The fourth-order valence-corrected chi connectivity index (χ4v) is 2.96. The molecule has 0 aromatic carbocycles. The molecule has 0 radical (unpaired) electrons. The molecule has 0 saturated heterocycles. The highest BCUT2D eigenvalue weighted by atomic mass is 32.1. The van der Waals surface area contributed by atoms with Gasteiger partial charge in [0.25, 0.3) is 0 Å². The number of fused-ring (bicyclic) bond motifs is 3. The minimum absolute atomic E-state index is 0.627. The van der Waals surface area contributed by atoms with E-state index in [0.29, 0.717) is 6.04 Å². The zero-order valence-corrected chi connectivity index (χ0v) is 9.92. The summed E-state index contributed by atoms with van der Waals surface area (Å²) >= 11 is 1.72. The summed E-state index contributed by atoms with van der Waals surface area (Å²) in [4.78, 5) is 8.31. The van der Waals surface area contributed by atoms with Gasteiger partial charge < -0.3 is 0 Å². The molecule has 0 spiro atoms. The maximum Gasteiger partial charge on any atom is 0.194 e. The first kappa shape index (κ1) is 9.36. The average molecular weight is 221 g/mol. The van der Waals surface area contributed by atoms with Crippen LogP contribution in [0.3, 0.4) is 0 Å². The van der Waals surface area contributed by atoms with E-state index >= 15 is 0 Å². The smallest absolute Gasteiger partial charge is 0.194 e. The highest BCUT2D eigenvalue weighted by Gasteiger charge is 2.22. The van der Waals surface area contributed by atoms with Gasteiger partial charge in [-0.1, -0.05) is 0 Å². The molecule has 3 nitrogen and oxygen atoms in total. The maximum atomic E-state index is 4.66. The third-order valence-electron chi connectivity index (χ3n) is 3.16. The summed E-state index contributed by atoms with van der Waals surface area (Å²) in [6.45, 7) is 6.72. The van der Waals surface area contributed by atoms with E-state index in [2.05, 4.69) is 39.7 Å². The number of imidazole rings is 1. The van der Waals surface area contributed by atoms with Gasteiger partial charge in [-0.25, -0.2) is 4.98 Å². The van der Waals surface area contributed by atoms with Gasteiger partial charge in [-0.05, 0) is 13.8 Å². The van der Waals surface area contributed by atoms with Crippen molar-refractivity contribution in [3.63, 3.8) is 0 Å². The van der Waals surface area contributed by atoms with Crippen molar-refractivity contribution in [2.24, 2.45) is 0 Å². The summed E-state index contributed by atoms with van der Waals surface area (Å²) < 4.78 is 2.24. The van der Waals surface area contributed by atoms with Crippen molar-refractivity contribution in [3.8, 4) is 0 Å². The molecule has 0 bridgehead atoms. The molecule has 0 fully saturated rings. The lowest BCUT2D eigenvalue weighted by Crippen LogP contribution is -2.36. The molecule has 1 aliphatic heterocycles. The van der Waals surface area contributed by atoms with Crippen molar-refractivity contribution < 1.29 is 0 Å². The lowest BCUT2D eigenvalue weighted by Gasteiger charge is -2.29. The predicted molar refractivity (Wildman–Crippen MR) is 62.3 cm³/mol. The van der Waals surface area contributed by atoms with Crippen LogP contribution in [0.1, 0.15) is 25.2 Å². The van der Waals surface area contributed by atoms with Crippen LogP contribution in [0.15, 0.2) is 11.6 Å². The molecule has 2 aromatic rings. The van der Waals surface area contributed by atoms with Gasteiger partial charge in [0.2, 0.25) is 0 Å². The summed E-state index contributed by atoms with van der Waals surface area (Å²) in [5.74, 6) is 0. The summed E-state index contributed by atoms with van der Waals surface area (Å²) in [6, 6.07) is 0.627. The monoisotopic (exact) mass is 221 g/mol. The number of hydrogen-bond acceptors (Lipinski definition) is 3. The Morgan fingerprint density at radius 2 is 2.33 bits per heavy atom. The van der Waals surface area contributed by atoms with Crippen molar-refractivity contribution in [1.82, 2.24) is 14.3 Å². The Labute approximate surface area is 93.4 Å². The normalized spacial score (nSPS) is 17.5. The second-order valence-corrected chi connectivity index (χ2v) is 5.25. The van der Waals surface area contributed by atoms with E-state index in [1.54, 1.807) is 11.3 Å². The van der Waals surface area contributed by atoms with E-state index in [9.17, 15) is 0 Å². The third kappa shape index (κ3) is 1.40. The molecular weight excluding hydrogens is 206 g/mol. The molecule has 80 valence electrons. The minimum atomic E-state index is 0.627. The van der Waals surface area contributed by atoms with Crippen LogP contribution < -0.4 is 0 Å². The predicted octanol–water partition coefficient (Wildman–Crippen LogP) is 2.16. The summed E-state index contributed by atoms with van der Waals surface area (Å²) in [6.07, 6.45) is 3.23. The Balaban J connectivity index is 2.05. The van der Waals surface area contributed by atoms with E-state index in [1.165, 1.54) is 11.4 Å².